The van der Waals surface area contributed by atoms with E-state index in [1.54, 1.807) is 6.07 Å². The molecule has 10 heteroatoms. The van der Waals surface area contributed by atoms with Gasteiger partial charge in [-0.25, -0.2) is 0 Å². The molecule has 0 saturated heterocycles. The molecule has 2 rings (SSSR count). The fourth-order valence-electron chi connectivity index (χ4n) is 2.05. The van der Waals surface area contributed by atoms with E-state index in [-0.39, 0.29) is 24.7 Å². The molecule has 0 spiro atoms. The standard InChI is InChI=1S/C18H18BrN3O6/c1-2-12-3-8-16(15(19)9-12)28-11-18(24)21-20-17(23)10-27-14-6-4-13(5-7-14)22(25)26/h3-9H,2,10-11H2,1H3,(H,20,23)(H,21,24). The molecule has 2 aromatic rings. The normalized spacial score (nSPS) is 10.1. The summed E-state index contributed by atoms with van der Waals surface area (Å²) in [4.78, 5) is 33.5. The Morgan fingerprint density at radius 1 is 1.04 bits per heavy atom. The molecule has 148 valence electrons. The number of nitro groups is 1. The van der Waals surface area contributed by atoms with E-state index in [1.165, 1.54) is 24.3 Å². The van der Waals surface area contributed by atoms with Gasteiger partial charge in [-0.1, -0.05) is 13.0 Å². The van der Waals surface area contributed by atoms with Crippen LogP contribution >= 0.6 is 15.9 Å². The van der Waals surface area contributed by atoms with Crippen LogP contribution in [0.25, 0.3) is 0 Å². The topological polar surface area (TPSA) is 120 Å². The van der Waals surface area contributed by atoms with Gasteiger partial charge in [0.1, 0.15) is 11.5 Å². The minimum atomic E-state index is -0.597. The largest absolute Gasteiger partial charge is 0.484 e. The number of carbonyl (C=O) groups excluding carboxylic acids is 2. The van der Waals surface area contributed by atoms with E-state index >= 15 is 0 Å². The highest BCUT2D eigenvalue weighted by atomic mass is 79.9. The van der Waals surface area contributed by atoms with Crippen LogP contribution in [0.4, 0.5) is 5.69 Å². The number of nitrogens with zero attached hydrogens (tertiary/aromatic N) is 1. The maximum atomic E-state index is 11.8. The molecule has 0 aliphatic heterocycles. The number of nitrogens with one attached hydrogen (secondary N) is 2. The first kappa shape index (κ1) is 21.2. The van der Waals surface area contributed by atoms with Gasteiger partial charge in [0.05, 0.1) is 9.40 Å². The lowest BCUT2D eigenvalue weighted by molar-refractivity contribution is -0.384. The van der Waals surface area contributed by atoms with E-state index in [9.17, 15) is 19.7 Å². The molecule has 0 aliphatic carbocycles. The third-order valence-corrected chi connectivity index (χ3v) is 4.14. The van der Waals surface area contributed by atoms with Crippen molar-refractivity contribution >= 4 is 33.4 Å². The molecule has 0 aliphatic rings. The van der Waals surface area contributed by atoms with Crippen molar-refractivity contribution in [1.29, 1.82) is 0 Å². The minimum Gasteiger partial charge on any atom is -0.484 e. The van der Waals surface area contributed by atoms with Gasteiger partial charge >= 0.3 is 0 Å². The maximum Gasteiger partial charge on any atom is 0.276 e. The number of carbonyl (C=O) groups is 2. The van der Waals surface area contributed by atoms with Crippen LogP contribution in [-0.2, 0) is 16.0 Å². The molecule has 0 fully saturated rings. The second-order valence-corrected chi connectivity index (χ2v) is 6.40. The van der Waals surface area contributed by atoms with E-state index in [0.29, 0.717) is 5.75 Å². The second-order valence-electron chi connectivity index (χ2n) is 5.54. The molecule has 2 aromatic carbocycles. The zero-order valence-corrected chi connectivity index (χ0v) is 16.5. The lowest BCUT2D eigenvalue weighted by atomic mass is 10.2. The Bertz CT molecular complexity index is 857. The van der Waals surface area contributed by atoms with E-state index in [1.807, 2.05) is 19.1 Å². The number of hydrogen-bond acceptors (Lipinski definition) is 6. The van der Waals surface area contributed by atoms with Crippen molar-refractivity contribution in [2.24, 2.45) is 0 Å². The molecule has 0 heterocycles. The Hall–Kier alpha value is -3.14. The van der Waals surface area contributed by atoms with Crippen molar-refractivity contribution in [3.8, 4) is 11.5 Å². The number of amides is 2. The van der Waals surface area contributed by atoms with Gasteiger partial charge < -0.3 is 9.47 Å². The summed E-state index contributed by atoms with van der Waals surface area (Å²) in [7, 11) is 0. The zero-order chi connectivity index (χ0) is 20.5. The Kier molecular flexibility index (Phi) is 7.76. The zero-order valence-electron chi connectivity index (χ0n) is 14.9. The molecule has 0 bridgehead atoms. The minimum absolute atomic E-state index is 0.0833. The SMILES string of the molecule is CCc1ccc(OCC(=O)NNC(=O)COc2ccc([N+](=O)[O-])cc2)c(Br)c1. The average molecular weight is 452 g/mol. The van der Waals surface area contributed by atoms with Gasteiger partial charge in [-0.15, -0.1) is 0 Å². The molecule has 0 atom stereocenters. The Balaban J connectivity index is 1.70. The number of aryl methyl sites for hydroxylation is 1. The number of halogens is 1. The lowest BCUT2D eigenvalue weighted by Crippen LogP contribution is -2.45. The summed E-state index contributed by atoms with van der Waals surface area (Å²) >= 11 is 3.38. The predicted molar refractivity (Wildman–Crippen MR) is 104 cm³/mol. The summed E-state index contributed by atoms with van der Waals surface area (Å²) in [5, 5.41) is 10.6. The number of non-ortho nitro benzene ring substituents is 1. The summed E-state index contributed by atoms with van der Waals surface area (Å²) in [5.41, 5.74) is 5.44. The van der Waals surface area contributed by atoms with Gasteiger partial charge in [0.25, 0.3) is 17.5 Å². The van der Waals surface area contributed by atoms with Crippen molar-refractivity contribution in [2.45, 2.75) is 13.3 Å². The molecular weight excluding hydrogens is 434 g/mol. The molecule has 0 radical (unpaired) electrons. The van der Waals surface area contributed by atoms with Gasteiger partial charge in [0.15, 0.2) is 13.2 Å². The lowest BCUT2D eigenvalue weighted by Gasteiger charge is -2.11. The van der Waals surface area contributed by atoms with Gasteiger partial charge in [0.2, 0.25) is 0 Å². The summed E-state index contributed by atoms with van der Waals surface area (Å²) in [6, 6.07) is 10.8. The molecule has 0 saturated carbocycles. The van der Waals surface area contributed by atoms with Gasteiger partial charge in [0, 0.05) is 12.1 Å². The van der Waals surface area contributed by atoms with Gasteiger partial charge in [-0.2, -0.15) is 0 Å². The molecular formula is C18H18BrN3O6. The fraction of sp³-hybridized carbons (Fsp3) is 0.222. The summed E-state index contributed by atoms with van der Waals surface area (Å²) in [6.45, 7) is 1.38. The third kappa shape index (κ3) is 6.54. The Morgan fingerprint density at radius 2 is 1.64 bits per heavy atom. The van der Waals surface area contributed by atoms with Gasteiger partial charge in [-0.05, 0) is 52.2 Å². The quantitative estimate of drug-likeness (QED) is 0.469. The molecule has 0 unspecified atom stereocenters. The molecule has 2 amide bonds. The van der Waals surface area contributed by atoms with Gasteiger partial charge in [-0.3, -0.25) is 30.6 Å². The first-order valence-corrected chi connectivity index (χ1v) is 9.04. The second kappa shape index (κ2) is 10.3. The smallest absolute Gasteiger partial charge is 0.276 e. The fourth-order valence-corrected chi connectivity index (χ4v) is 2.59. The molecule has 2 N–H and O–H groups in total. The van der Waals surface area contributed by atoms with Crippen LogP contribution in [0.5, 0.6) is 11.5 Å². The summed E-state index contributed by atoms with van der Waals surface area (Å²) in [6.07, 6.45) is 0.882. The highest BCUT2D eigenvalue weighted by Crippen LogP contribution is 2.26. The maximum absolute atomic E-state index is 11.8. The van der Waals surface area contributed by atoms with E-state index in [0.717, 1.165) is 16.5 Å². The Morgan fingerprint density at radius 3 is 2.18 bits per heavy atom. The highest BCUT2D eigenvalue weighted by molar-refractivity contribution is 9.10. The van der Waals surface area contributed by atoms with Crippen LogP contribution in [-0.4, -0.2) is 30.0 Å². The number of ether oxygens (including phenoxy) is 2. The number of nitro benzene ring substituents is 1. The number of benzene rings is 2. The van der Waals surface area contributed by atoms with Crippen molar-refractivity contribution in [3.05, 3.63) is 62.6 Å². The van der Waals surface area contributed by atoms with Crippen LogP contribution in [0.2, 0.25) is 0 Å². The van der Waals surface area contributed by atoms with Crippen molar-refractivity contribution in [2.75, 3.05) is 13.2 Å². The van der Waals surface area contributed by atoms with E-state index in [2.05, 4.69) is 26.8 Å². The Labute approximate surface area is 169 Å². The highest BCUT2D eigenvalue weighted by Gasteiger charge is 2.09. The van der Waals surface area contributed by atoms with Crippen molar-refractivity contribution < 1.29 is 24.0 Å². The number of rotatable bonds is 8. The summed E-state index contributed by atoms with van der Waals surface area (Å²) in [5.74, 6) is -0.341. The average Bonchev–Trinajstić information content (AvgIpc) is 2.69. The first-order chi connectivity index (χ1) is 13.4. The molecule has 0 aromatic heterocycles. The molecule has 9 nitrogen and oxygen atoms in total. The first-order valence-electron chi connectivity index (χ1n) is 8.25. The van der Waals surface area contributed by atoms with Crippen molar-refractivity contribution in [1.82, 2.24) is 10.9 Å². The van der Waals surface area contributed by atoms with Crippen LogP contribution in [0.3, 0.4) is 0 Å². The number of hydrogen-bond donors (Lipinski definition) is 2. The molecule has 28 heavy (non-hydrogen) atoms. The number of hydrazine groups is 1. The summed E-state index contributed by atoms with van der Waals surface area (Å²) < 4.78 is 11.3. The van der Waals surface area contributed by atoms with Crippen LogP contribution < -0.4 is 20.3 Å². The van der Waals surface area contributed by atoms with E-state index < -0.39 is 16.7 Å². The van der Waals surface area contributed by atoms with Crippen LogP contribution in [0.1, 0.15) is 12.5 Å². The van der Waals surface area contributed by atoms with E-state index in [4.69, 9.17) is 9.47 Å². The van der Waals surface area contributed by atoms with Crippen LogP contribution in [0, 0.1) is 10.1 Å². The third-order valence-electron chi connectivity index (χ3n) is 3.52. The predicted octanol–water partition coefficient (Wildman–Crippen LogP) is 2.52. The van der Waals surface area contributed by atoms with Crippen LogP contribution in [0.15, 0.2) is 46.9 Å². The van der Waals surface area contributed by atoms with Crippen molar-refractivity contribution in [3.63, 3.8) is 0 Å². The monoisotopic (exact) mass is 451 g/mol.